The molecule has 2 saturated carbocycles. The Hall–Kier alpha value is 0.700. The lowest BCUT2D eigenvalue weighted by Gasteiger charge is -2.60. The second-order valence-electron chi connectivity index (χ2n) is 11.3. The highest BCUT2D eigenvalue weighted by atomic mass is 32.3. The van der Waals surface area contributed by atoms with Crippen molar-refractivity contribution in [3.63, 3.8) is 0 Å². The van der Waals surface area contributed by atoms with Crippen LogP contribution in [0, 0.1) is 5.92 Å². The first-order valence-electron chi connectivity index (χ1n) is 11.3. The molecule has 0 N–H and O–H groups in total. The predicted octanol–water partition coefficient (Wildman–Crippen LogP) is 7.97. The molecule has 0 spiro atoms. The fourth-order valence-electron chi connectivity index (χ4n) is 6.22. The Balaban J connectivity index is 2.03. The minimum atomic E-state index is -0.566. The molecule has 2 aliphatic carbocycles. The highest BCUT2D eigenvalue weighted by Crippen LogP contribution is 2.68. The molecule has 26 heavy (non-hydrogen) atoms. The first-order chi connectivity index (χ1) is 11.9. The first kappa shape index (κ1) is 23.0. The van der Waals surface area contributed by atoms with Crippen molar-refractivity contribution >= 4 is 20.1 Å². The Kier molecular flexibility index (Phi) is 7.26. The number of rotatable bonds is 6. The van der Waals surface area contributed by atoms with E-state index >= 15 is 0 Å². The summed E-state index contributed by atoms with van der Waals surface area (Å²) in [7, 11) is -1.05. The molecule has 2 heteroatoms. The third kappa shape index (κ3) is 4.17. The van der Waals surface area contributed by atoms with Gasteiger partial charge in [-0.15, -0.1) is 0 Å². The van der Waals surface area contributed by atoms with E-state index in [9.17, 15) is 0 Å². The second kappa shape index (κ2) is 8.21. The Bertz CT molecular complexity index is 441. The minimum Gasteiger partial charge on any atom is -0.241 e. The van der Waals surface area contributed by atoms with E-state index in [2.05, 4.69) is 60.3 Å². The van der Waals surface area contributed by atoms with Gasteiger partial charge in [-0.1, -0.05) is 60.8 Å². The van der Waals surface area contributed by atoms with Gasteiger partial charge in [0.25, 0.3) is 0 Å². The number of hydrogen-bond acceptors (Lipinski definition) is 0. The van der Waals surface area contributed by atoms with E-state index in [4.69, 9.17) is 0 Å². The van der Waals surface area contributed by atoms with Gasteiger partial charge in [0, 0.05) is 0 Å². The van der Waals surface area contributed by atoms with Crippen molar-refractivity contribution in [1.82, 2.24) is 0 Å². The Labute approximate surface area is 169 Å². The summed E-state index contributed by atoms with van der Waals surface area (Å²) in [5.41, 5.74) is 0. The lowest BCUT2D eigenvalue weighted by Crippen LogP contribution is -2.44. The topological polar surface area (TPSA) is 0 Å². The Morgan fingerprint density at radius 3 is 1.62 bits per heavy atom. The second-order valence-corrected chi connectivity index (χ2v) is 20.6. The molecule has 2 fully saturated rings. The maximum Gasteiger partial charge on any atom is -0.00235 e. The average molecular weight is 403 g/mol. The molecule has 2 rings (SSSR count). The summed E-state index contributed by atoms with van der Waals surface area (Å²) in [5, 5.41) is 1.71. The third-order valence-corrected chi connectivity index (χ3v) is 19.9. The van der Waals surface area contributed by atoms with Crippen molar-refractivity contribution in [3.8, 4) is 0 Å². The van der Waals surface area contributed by atoms with Gasteiger partial charge in [-0.25, -0.2) is 20.1 Å². The van der Waals surface area contributed by atoms with Gasteiger partial charge in [-0.2, -0.15) is 0 Å². The smallest absolute Gasteiger partial charge is 0.00235 e. The van der Waals surface area contributed by atoms with E-state index in [1.54, 1.807) is 5.75 Å². The van der Waals surface area contributed by atoms with Crippen LogP contribution < -0.4 is 0 Å². The molecule has 0 saturated heterocycles. The van der Waals surface area contributed by atoms with Crippen molar-refractivity contribution < 1.29 is 0 Å². The average Bonchev–Trinajstić information content (AvgIpc) is 2.56. The fraction of sp³-hybridized carbons (Fsp3) is 1.00. The van der Waals surface area contributed by atoms with Crippen LogP contribution in [0.1, 0.15) is 99.3 Å². The predicted molar refractivity (Wildman–Crippen MR) is 130 cm³/mol. The van der Waals surface area contributed by atoms with E-state index in [0.717, 1.165) is 16.4 Å². The lowest BCUT2D eigenvalue weighted by atomic mass is 9.83. The third-order valence-electron chi connectivity index (χ3n) is 9.08. The molecular weight excluding hydrogens is 352 g/mol. The standard InChI is InChI=1S/C24H50S2/c1-20(2)26(9,21(3)4)24(6)17-13-22(14-18-24)19-25(7,8)23(5)15-11-10-12-16-23/h20-22H,10-19H2,1-9H3. The largest absolute Gasteiger partial charge is 0.241 e. The van der Waals surface area contributed by atoms with Gasteiger partial charge in [0.05, 0.1) is 0 Å². The van der Waals surface area contributed by atoms with Gasteiger partial charge in [-0.3, -0.25) is 0 Å². The normalized spacial score (nSPS) is 32.0. The number of hydrogen-bond donors (Lipinski definition) is 0. The highest BCUT2D eigenvalue weighted by Gasteiger charge is 2.47. The van der Waals surface area contributed by atoms with Crippen molar-refractivity contribution in [3.05, 3.63) is 0 Å². The Morgan fingerprint density at radius 2 is 1.19 bits per heavy atom. The van der Waals surface area contributed by atoms with Crippen molar-refractivity contribution in [2.75, 3.05) is 24.5 Å². The molecule has 0 atom stereocenters. The van der Waals surface area contributed by atoms with Crippen molar-refractivity contribution in [2.24, 2.45) is 5.92 Å². The zero-order valence-corrected chi connectivity index (χ0v) is 21.3. The summed E-state index contributed by atoms with van der Waals surface area (Å²) in [6.07, 6.45) is 21.5. The molecule has 0 aliphatic heterocycles. The van der Waals surface area contributed by atoms with Gasteiger partial charge in [0.1, 0.15) is 0 Å². The molecule has 0 radical (unpaired) electrons. The molecule has 0 bridgehead atoms. The maximum absolute atomic E-state index is 2.68. The van der Waals surface area contributed by atoms with E-state index < -0.39 is 20.1 Å². The molecule has 0 nitrogen and oxygen atoms in total. The molecular formula is C24H50S2. The highest BCUT2D eigenvalue weighted by molar-refractivity contribution is 8.35. The van der Waals surface area contributed by atoms with Crippen LogP contribution in [0.4, 0.5) is 0 Å². The van der Waals surface area contributed by atoms with Crippen LogP contribution in [0.3, 0.4) is 0 Å². The monoisotopic (exact) mass is 402 g/mol. The van der Waals surface area contributed by atoms with E-state index in [1.807, 2.05) is 0 Å². The van der Waals surface area contributed by atoms with Gasteiger partial charge in [0.15, 0.2) is 0 Å². The molecule has 158 valence electrons. The zero-order valence-electron chi connectivity index (χ0n) is 19.6. The van der Waals surface area contributed by atoms with Crippen LogP contribution in [-0.2, 0) is 0 Å². The summed E-state index contributed by atoms with van der Waals surface area (Å²) >= 11 is 0. The van der Waals surface area contributed by atoms with Crippen LogP contribution >= 0.6 is 20.1 Å². The van der Waals surface area contributed by atoms with Crippen molar-refractivity contribution in [2.45, 2.75) is 119 Å². The quantitative estimate of drug-likeness (QED) is 0.422. The van der Waals surface area contributed by atoms with Gasteiger partial charge < -0.3 is 0 Å². The van der Waals surface area contributed by atoms with Crippen LogP contribution in [0.25, 0.3) is 0 Å². The van der Waals surface area contributed by atoms with Crippen LogP contribution in [0.2, 0.25) is 0 Å². The summed E-state index contributed by atoms with van der Waals surface area (Å²) < 4.78 is 1.28. The molecule has 0 aromatic rings. The SMILES string of the molecule is CC(C)S(C)(C(C)C)C1(C)CCC(CS(C)(C)C2(C)CCCCC2)CC1. The summed E-state index contributed by atoms with van der Waals surface area (Å²) in [6, 6.07) is 0. The summed E-state index contributed by atoms with van der Waals surface area (Å²) in [4.78, 5) is 0. The van der Waals surface area contributed by atoms with Crippen LogP contribution in [0.5, 0.6) is 0 Å². The molecule has 2 aliphatic rings. The van der Waals surface area contributed by atoms with E-state index in [1.165, 1.54) is 57.8 Å². The lowest BCUT2D eigenvalue weighted by molar-refractivity contribution is 0.330. The zero-order chi connectivity index (χ0) is 19.8. The van der Waals surface area contributed by atoms with Gasteiger partial charge >= 0.3 is 0 Å². The Morgan fingerprint density at radius 1 is 0.731 bits per heavy atom. The van der Waals surface area contributed by atoms with Crippen molar-refractivity contribution in [1.29, 1.82) is 0 Å². The van der Waals surface area contributed by atoms with Crippen LogP contribution in [0.15, 0.2) is 0 Å². The summed E-state index contributed by atoms with van der Waals surface area (Å²) in [6.45, 7) is 15.3. The minimum absolute atomic E-state index is 0.481. The van der Waals surface area contributed by atoms with E-state index in [0.29, 0.717) is 9.49 Å². The fourth-order valence-corrected chi connectivity index (χ4v) is 14.0. The molecule has 0 aromatic carbocycles. The van der Waals surface area contributed by atoms with Gasteiger partial charge in [-0.05, 0) is 89.0 Å². The van der Waals surface area contributed by atoms with Crippen LogP contribution in [-0.4, -0.2) is 44.5 Å². The molecule has 0 amide bonds. The molecule has 0 aromatic heterocycles. The molecule has 0 unspecified atom stereocenters. The van der Waals surface area contributed by atoms with E-state index in [-0.39, 0.29) is 0 Å². The first-order valence-corrected chi connectivity index (χ1v) is 16.1. The maximum atomic E-state index is 2.68. The summed E-state index contributed by atoms with van der Waals surface area (Å²) in [5.74, 6) is 2.56. The molecule has 0 heterocycles. The van der Waals surface area contributed by atoms with Gasteiger partial charge in [0.2, 0.25) is 0 Å².